The van der Waals surface area contributed by atoms with E-state index in [0.29, 0.717) is 5.56 Å². The van der Waals surface area contributed by atoms with E-state index in [-0.39, 0.29) is 16.6 Å². The van der Waals surface area contributed by atoms with Gasteiger partial charge in [0.05, 0.1) is 10.5 Å². The molecule has 4 nitrogen and oxygen atoms in total. The number of H-pyrrole nitrogens is 1. The third-order valence-electron chi connectivity index (χ3n) is 2.52. The number of aromatic nitrogens is 1. The number of nitrogens with zero attached hydrogens (tertiary/aromatic N) is 1. The first kappa shape index (κ1) is 11.4. The van der Waals surface area contributed by atoms with Crippen molar-refractivity contribution in [2.24, 2.45) is 0 Å². The van der Waals surface area contributed by atoms with Crippen LogP contribution >= 0.6 is 0 Å². The van der Waals surface area contributed by atoms with E-state index in [1.165, 1.54) is 19.1 Å². The molecule has 1 N–H and O–H groups in total. The third-order valence-corrected chi connectivity index (χ3v) is 2.52. The highest BCUT2D eigenvalue weighted by molar-refractivity contribution is 5.93. The van der Waals surface area contributed by atoms with Gasteiger partial charge in [-0.05, 0) is 12.5 Å². The number of fused-ring (bicyclic) bond motifs is 1. The Labute approximate surface area is 93.2 Å². The molecule has 0 saturated carbocycles. The summed E-state index contributed by atoms with van der Waals surface area (Å²) < 4.78 is 38.0. The number of rotatable bonds is 1. The van der Waals surface area contributed by atoms with Gasteiger partial charge in [0, 0.05) is 17.6 Å². The maximum Gasteiger partial charge on any atom is 0.418 e. The van der Waals surface area contributed by atoms with E-state index >= 15 is 0 Å². The molecule has 90 valence electrons. The Bertz CT molecular complexity index is 601. The Morgan fingerprint density at radius 1 is 1.35 bits per heavy atom. The number of aryl methyl sites for hydroxylation is 1. The van der Waals surface area contributed by atoms with Crippen molar-refractivity contribution in [3.8, 4) is 0 Å². The van der Waals surface area contributed by atoms with Crippen LogP contribution in [0.5, 0.6) is 0 Å². The standard InChI is InChI=1S/C10H7F3N2O2/c1-5-2-3-7(15(16)17)9-8(5)6(4-14-9)10(11,12)13/h2-4,14H,1H3. The normalized spacial score (nSPS) is 12.0. The van der Waals surface area contributed by atoms with Gasteiger partial charge in [-0.15, -0.1) is 0 Å². The number of aromatic amines is 1. The van der Waals surface area contributed by atoms with E-state index in [1.807, 2.05) is 0 Å². The fourth-order valence-corrected chi connectivity index (χ4v) is 1.78. The minimum atomic E-state index is -4.53. The van der Waals surface area contributed by atoms with Crippen LogP contribution in [0.3, 0.4) is 0 Å². The number of hydrogen-bond acceptors (Lipinski definition) is 2. The van der Waals surface area contributed by atoms with Crippen LogP contribution in [0.4, 0.5) is 18.9 Å². The molecule has 0 radical (unpaired) electrons. The number of nitro benzene ring substituents is 1. The summed E-state index contributed by atoms with van der Waals surface area (Å²) in [7, 11) is 0. The molecule has 0 aliphatic carbocycles. The number of alkyl halides is 3. The van der Waals surface area contributed by atoms with Gasteiger partial charge in [-0.1, -0.05) is 6.07 Å². The molecule has 0 aliphatic rings. The first-order valence-electron chi connectivity index (χ1n) is 4.64. The van der Waals surface area contributed by atoms with Crippen LogP contribution in [-0.2, 0) is 6.18 Å². The second kappa shape index (κ2) is 3.47. The first-order chi connectivity index (χ1) is 7.82. The Morgan fingerprint density at radius 3 is 2.53 bits per heavy atom. The van der Waals surface area contributed by atoms with Crippen LogP contribution < -0.4 is 0 Å². The predicted octanol–water partition coefficient (Wildman–Crippen LogP) is 3.40. The lowest BCUT2D eigenvalue weighted by Crippen LogP contribution is -2.04. The maximum atomic E-state index is 12.7. The number of nitrogens with one attached hydrogen (secondary N) is 1. The Morgan fingerprint density at radius 2 is 2.00 bits per heavy atom. The van der Waals surface area contributed by atoms with Gasteiger partial charge in [0.1, 0.15) is 5.52 Å². The molecular weight excluding hydrogens is 237 g/mol. The van der Waals surface area contributed by atoms with Crippen molar-refractivity contribution >= 4 is 16.6 Å². The molecule has 1 aromatic heterocycles. The van der Waals surface area contributed by atoms with Gasteiger partial charge in [-0.2, -0.15) is 13.2 Å². The monoisotopic (exact) mass is 244 g/mol. The highest BCUT2D eigenvalue weighted by Crippen LogP contribution is 2.38. The Kier molecular flexibility index (Phi) is 2.34. The highest BCUT2D eigenvalue weighted by Gasteiger charge is 2.35. The summed E-state index contributed by atoms with van der Waals surface area (Å²) in [4.78, 5) is 12.3. The maximum absolute atomic E-state index is 12.7. The SMILES string of the molecule is Cc1ccc([N+](=O)[O-])c2[nH]cc(C(F)(F)F)c12. The molecule has 0 aliphatic heterocycles. The molecule has 0 saturated heterocycles. The lowest BCUT2D eigenvalue weighted by Gasteiger charge is -2.05. The lowest BCUT2D eigenvalue weighted by molar-refractivity contribution is -0.383. The molecule has 17 heavy (non-hydrogen) atoms. The van der Waals surface area contributed by atoms with E-state index in [1.54, 1.807) is 0 Å². The average molecular weight is 244 g/mol. The van der Waals surface area contributed by atoms with E-state index in [4.69, 9.17) is 0 Å². The van der Waals surface area contributed by atoms with Crippen molar-refractivity contribution in [1.82, 2.24) is 4.98 Å². The third kappa shape index (κ3) is 1.73. The summed E-state index contributed by atoms with van der Waals surface area (Å²) in [5.74, 6) is 0. The fraction of sp³-hybridized carbons (Fsp3) is 0.200. The number of nitro groups is 1. The van der Waals surface area contributed by atoms with Crippen molar-refractivity contribution in [3.05, 3.63) is 39.6 Å². The molecule has 1 heterocycles. The minimum Gasteiger partial charge on any atom is -0.355 e. The molecule has 0 unspecified atom stereocenters. The molecule has 2 aromatic rings. The van der Waals surface area contributed by atoms with E-state index in [2.05, 4.69) is 4.98 Å². The predicted molar refractivity (Wildman–Crippen MR) is 54.7 cm³/mol. The summed E-state index contributed by atoms with van der Waals surface area (Å²) in [5.41, 5.74) is -0.990. The van der Waals surface area contributed by atoms with Crippen LogP contribution in [0.2, 0.25) is 0 Å². The molecule has 1 aromatic carbocycles. The minimum absolute atomic E-state index is 0.0951. The number of non-ortho nitro benzene ring substituents is 1. The fourth-order valence-electron chi connectivity index (χ4n) is 1.78. The zero-order valence-corrected chi connectivity index (χ0v) is 8.63. The van der Waals surface area contributed by atoms with Crippen LogP contribution in [-0.4, -0.2) is 9.91 Å². The van der Waals surface area contributed by atoms with Crippen LogP contribution in [0.25, 0.3) is 10.9 Å². The van der Waals surface area contributed by atoms with Crippen molar-refractivity contribution in [2.75, 3.05) is 0 Å². The van der Waals surface area contributed by atoms with Crippen LogP contribution in [0, 0.1) is 17.0 Å². The van der Waals surface area contributed by atoms with Gasteiger partial charge in [-0.25, -0.2) is 0 Å². The zero-order chi connectivity index (χ0) is 12.8. The van der Waals surface area contributed by atoms with E-state index in [9.17, 15) is 23.3 Å². The molecule has 0 fully saturated rings. The molecule has 7 heteroatoms. The number of halogens is 3. The molecule has 2 rings (SSSR count). The molecular formula is C10H7F3N2O2. The largest absolute Gasteiger partial charge is 0.418 e. The molecule has 0 atom stereocenters. The topological polar surface area (TPSA) is 58.9 Å². The smallest absolute Gasteiger partial charge is 0.355 e. The van der Waals surface area contributed by atoms with Crippen molar-refractivity contribution < 1.29 is 18.1 Å². The summed E-state index contributed by atoms with van der Waals surface area (Å²) >= 11 is 0. The van der Waals surface area contributed by atoms with Gasteiger partial charge in [0.15, 0.2) is 0 Å². The summed E-state index contributed by atoms with van der Waals surface area (Å²) in [6, 6.07) is 2.50. The highest BCUT2D eigenvalue weighted by atomic mass is 19.4. The summed E-state index contributed by atoms with van der Waals surface area (Å²) in [6.45, 7) is 1.48. The van der Waals surface area contributed by atoms with Gasteiger partial charge < -0.3 is 4.98 Å². The Hall–Kier alpha value is -2.05. The quantitative estimate of drug-likeness (QED) is 0.617. The lowest BCUT2D eigenvalue weighted by atomic mass is 10.1. The second-order valence-corrected chi connectivity index (χ2v) is 3.61. The molecule has 0 amide bonds. The van der Waals surface area contributed by atoms with Crippen molar-refractivity contribution in [3.63, 3.8) is 0 Å². The molecule has 0 spiro atoms. The Balaban J connectivity index is 2.86. The van der Waals surface area contributed by atoms with Gasteiger partial charge in [0.25, 0.3) is 5.69 Å². The van der Waals surface area contributed by atoms with Gasteiger partial charge in [0.2, 0.25) is 0 Å². The number of benzene rings is 1. The zero-order valence-electron chi connectivity index (χ0n) is 8.63. The van der Waals surface area contributed by atoms with Crippen LogP contribution in [0.1, 0.15) is 11.1 Å². The first-order valence-corrected chi connectivity index (χ1v) is 4.64. The summed E-state index contributed by atoms with van der Waals surface area (Å²) in [6.07, 6.45) is -3.77. The molecule has 0 bridgehead atoms. The second-order valence-electron chi connectivity index (χ2n) is 3.61. The van der Waals surface area contributed by atoms with Crippen LogP contribution in [0.15, 0.2) is 18.3 Å². The van der Waals surface area contributed by atoms with E-state index < -0.39 is 16.7 Å². The van der Waals surface area contributed by atoms with Gasteiger partial charge >= 0.3 is 6.18 Å². The summed E-state index contributed by atoms with van der Waals surface area (Å²) in [5, 5.41) is 10.5. The van der Waals surface area contributed by atoms with Gasteiger partial charge in [-0.3, -0.25) is 10.1 Å². The number of hydrogen-bond donors (Lipinski definition) is 1. The van der Waals surface area contributed by atoms with Crippen molar-refractivity contribution in [1.29, 1.82) is 0 Å². The van der Waals surface area contributed by atoms with Crippen molar-refractivity contribution in [2.45, 2.75) is 13.1 Å². The van der Waals surface area contributed by atoms with E-state index in [0.717, 1.165) is 6.20 Å². The average Bonchev–Trinajstić information content (AvgIpc) is 2.61.